The molecule has 0 aromatic heterocycles. The number of carbonyl (C=O) groups excluding carboxylic acids is 2. The molecule has 0 aliphatic heterocycles. The Morgan fingerprint density at radius 3 is 2.32 bits per heavy atom. The van der Waals surface area contributed by atoms with Gasteiger partial charge in [-0.05, 0) is 42.9 Å². The average Bonchev–Trinajstić information content (AvgIpc) is 2.52. The molecule has 1 rings (SSSR count). The molecule has 0 saturated heterocycles. The van der Waals surface area contributed by atoms with E-state index in [1.54, 1.807) is 0 Å². The van der Waals surface area contributed by atoms with E-state index in [0.717, 1.165) is 12.8 Å². The van der Waals surface area contributed by atoms with Gasteiger partial charge in [0, 0.05) is 6.54 Å². The molecule has 0 aliphatic carbocycles. The van der Waals surface area contributed by atoms with Crippen LogP contribution in [-0.4, -0.2) is 30.6 Å². The zero-order chi connectivity index (χ0) is 19.0. The van der Waals surface area contributed by atoms with E-state index in [9.17, 15) is 22.8 Å². The molecule has 0 heterocycles. The van der Waals surface area contributed by atoms with E-state index in [0.29, 0.717) is 18.0 Å². The molecule has 0 spiro atoms. The lowest BCUT2D eigenvalue weighted by molar-refractivity contribution is -0.189. The SMILES string of the molecule is CC(C)CCCNC(=O)C(N)Cc1ccc(OC(=O)C(F)(F)F)cc1. The predicted molar refractivity (Wildman–Crippen MR) is 86.9 cm³/mol. The number of amides is 1. The summed E-state index contributed by atoms with van der Waals surface area (Å²) in [7, 11) is 0. The van der Waals surface area contributed by atoms with E-state index in [2.05, 4.69) is 23.9 Å². The Labute approximate surface area is 144 Å². The second-order valence-corrected chi connectivity index (χ2v) is 6.17. The molecule has 1 aromatic rings. The number of rotatable bonds is 8. The lowest BCUT2D eigenvalue weighted by Gasteiger charge is -2.13. The summed E-state index contributed by atoms with van der Waals surface area (Å²) in [6.45, 7) is 4.75. The van der Waals surface area contributed by atoms with E-state index >= 15 is 0 Å². The molecule has 0 fully saturated rings. The van der Waals surface area contributed by atoms with Crippen LogP contribution in [0.15, 0.2) is 24.3 Å². The fraction of sp³-hybridized carbons (Fsp3) is 0.529. The monoisotopic (exact) mass is 360 g/mol. The number of nitrogens with one attached hydrogen (secondary N) is 1. The number of ether oxygens (including phenoxy) is 1. The van der Waals surface area contributed by atoms with E-state index in [4.69, 9.17) is 5.73 Å². The minimum Gasteiger partial charge on any atom is -0.420 e. The third kappa shape index (κ3) is 8.02. The highest BCUT2D eigenvalue weighted by Gasteiger charge is 2.41. The van der Waals surface area contributed by atoms with Gasteiger partial charge in [-0.2, -0.15) is 13.2 Å². The van der Waals surface area contributed by atoms with Gasteiger partial charge < -0.3 is 15.8 Å². The molecule has 0 saturated carbocycles. The third-order valence-corrected chi connectivity index (χ3v) is 3.42. The summed E-state index contributed by atoms with van der Waals surface area (Å²) >= 11 is 0. The van der Waals surface area contributed by atoms with Gasteiger partial charge in [-0.15, -0.1) is 0 Å². The molecule has 1 unspecified atom stereocenters. The first-order valence-corrected chi connectivity index (χ1v) is 8.01. The summed E-state index contributed by atoms with van der Waals surface area (Å²) in [6, 6.07) is 4.62. The average molecular weight is 360 g/mol. The summed E-state index contributed by atoms with van der Waals surface area (Å²) in [4.78, 5) is 22.6. The fourth-order valence-electron chi connectivity index (χ4n) is 2.06. The van der Waals surface area contributed by atoms with Gasteiger partial charge in [-0.25, -0.2) is 4.79 Å². The van der Waals surface area contributed by atoms with E-state index in [1.165, 1.54) is 24.3 Å². The van der Waals surface area contributed by atoms with Gasteiger partial charge in [0.25, 0.3) is 0 Å². The minimum atomic E-state index is -5.05. The topological polar surface area (TPSA) is 81.4 Å². The lowest BCUT2D eigenvalue weighted by Crippen LogP contribution is -2.42. The Bertz CT molecular complexity index is 571. The molecule has 140 valence electrons. The van der Waals surface area contributed by atoms with Crippen molar-refractivity contribution in [3.63, 3.8) is 0 Å². The van der Waals surface area contributed by atoms with Crippen molar-refractivity contribution in [3.8, 4) is 5.75 Å². The number of carbonyl (C=O) groups is 2. The van der Waals surface area contributed by atoms with E-state index in [1.807, 2.05) is 0 Å². The smallest absolute Gasteiger partial charge is 0.420 e. The maximum absolute atomic E-state index is 12.1. The van der Waals surface area contributed by atoms with E-state index in [-0.39, 0.29) is 18.1 Å². The molecule has 1 aromatic carbocycles. The summed E-state index contributed by atoms with van der Waals surface area (Å²) < 4.78 is 40.5. The van der Waals surface area contributed by atoms with Crippen molar-refractivity contribution >= 4 is 11.9 Å². The Morgan fingerprint density at radius 1 is 1.20 bits per heavy atom. The van der Waals surface area contributed by atoms with Gasteiger partial charge in [0.15, 0.2) is 0 Å². The normalized spacial score (nSPS) is 12.8. The van der Waals surface area contributed by atoms with Gasteiger partial charge in [-0.1, -0.05) is 26.0 Å². The first-order chi connectivity index (χ1) is 11.6. The number of benzene rings is 1. The number of alkyl halides is 3. The second-order valence-electron chi connectivity index (χ2n) is 6.17. The second kappa shape index (κ2) is 9.41. The molecular weight excluding hydrogens is 337 g/mol. The van der Waals surface area contributed by atoms with Crippen molar-refractivity contribution < 1.29 is 27.5 Å². The van der Waals surface area contributed by atoms with Gasteiger partial charge in [0.05, 0.1) is 6.04 Å². The fourth-order valence-corrected chi connectivity index (χ4v) is 2.06. The molecule has 0 radical (unpaired) electrons. The Kier molecular flexibility index (Phi) is 7.89. The van der Waals surface area contributed by atoms with Gasteiger partial charge in [0.2, 0.25) is 5.91 Å². The Balaban J connectivity index is 2.46. The van der Waals surface area contributed by atoms with Gasteiger partial charge >= 0.3 is 12.1 Å². The number of hydrogen-bond acceptors (Lipinski definition) is 4. The highest BCUT2D eigenvalue weighted by atomic mass is 19.4. The summed E-state index contributed by atoms with van der Waals surface area (Å²) in [5.41, 5.74) is 6.47. The van der Waals surface area contributed by atoms with Crippen molar-refractivity contribution in [2.24, 2.45) is 11.7 Å². The third-order valence-electron chi connectivity index (χ3n) is 3.42. The van der Waals surface area contributed by atoms with Crippen LogP contribution in [0.1, 0.15) is 32.3 Å². The van der Waals surface area contributed by atoms with Crippen LogP contribution in [0.3, 0.4) is 0 Å². The van der Waals surface area contributed by atoms with Crippen LogP contribution < -0.4 is 15.8 Å². The maximum atomic E-state index is 12.1. The molecule has 1 atom stereocenters. The van der Waals surface area contributed by atoms with Crippen LogP contribution >= 0.6 is 0 Å². The summed E-state index contributed by atoms with van der Waals surface area (Å²) in [6.07, 6.45) is -2.94. The van der Waals surface area contributed by atoms with Crippen molar-refractivity contribution in [3.05, 3.63) is 29.8 Å². The van der Waals surface area contributed by atoms with Gasteiger partial charge in [-0.3, -0.25) is 4.79 Å². The Morgan fingerprint density at radius 2 is 1.80 bits per heavy atom. The number of nitrogens with two attached hydrogens (primary N) is 1. The lowest BCUT2D eigenvalue weighted by atomic mass is 10.1. The quantitative estimate of drug-likeness (QED) is 0.424. The largest absolute Gasteiger partial charge is 0.491 e. The molecular formula is C17H23F3N2O3. The zero-order valence-electron chi connectivity index (χ0n) is 14.2. The predicted octanol–water partition coefficient (Wildman–Crippen LogP) is 2.58. The van der Waals surface area contributed by atoms with Crippen LogP contribution in [-0.2, 0) is 16.0 Å². The van der Waals surface area contributed by atoms with E-state index < -0.39 is 18.2 Å². The van der Waals surface area contributed by atoms with Crippen LogP contribution in [0.4, 0.5) is 13.2 Å². The van der Waals surface area contributed by atoms with Crippen molar-refractivity contribution in [1.29, 1.82) is 0 Å². The standard InChI is InChI=1S/C17H23F3N2O3/c1-11(2)4-3-9-22-15(23)14(21)10-12-5-7-13(8-6-12)25-16(24)17(18,19)20/h5-8,11,14H,3-4,9-10,21H2,1-2H3,(H,22,23). The first-order valence-electron chi connectivity index (χ1n) is 8.01. The maximum Gasteiger partial charge on any atom is 0.491 e. The first kappa shape index (κ1) is 21.0. The van der Waals surface area contributed by atoms with Crippen LogP contribution in [0.5, 0.6) is 5.75 Å². The van der Waals surface area contributed by atoms with Crippen molar-refractivity contribution in [2.45, 2.75) is 45.3 Å². The van der Waals surface area contributed by atoms with Crippen LogP contribution in [0.2, 0.25) is 0 Å². The highest BCUT2D eigenvalue weighted by molar-refractivity contribution is 5.81. The molecule has 0 bridgehead atoms. The molecule has 5 nitrogen and oxygen atoms in total. The highest BCUT2D eigenvalue weighted by Crippen LogP contribution is 2.20. The molecule has 1 amide bonds. The molecule has 25 heavy (non-hydrogen) atoms. The zero-order valence-corrected chi connectivity index (χ0v) is 14.2. The van der Waals surface area contributed by atoms with Crippen LogP contribution in [0.25, 0.3) is 0 Å². The Hall–Kier alpha value is -2.09. The number of esters is 1. The van der Waals surface area contributed by atoms with Crippen molar-refractivity contribution in [2.75, 3.05) is 6.54 Å². The molecule has 8 heteroatoms. The molecule has 3 N–H and O–H groups in total. The molecule has 0 aliphatic rings. The number of halogens is 3. The summed E-state index contributed by atoms with van der Waals surface area (Å²) in [5.74, 6) is -2.22. The number of hydrogen-bond donors (Lipinski definition) is 2. The van der Waals surface area contributed by atoms with Crippen LogP contribution in [0, 0.1) is 5.92 Å². The van der Waals surface area contributed by atoms with Crippen molar-refractivity contribution in [1.82, 2.24) is 5.32 Å². The summed E-state index contributed by atoms with van der Waals surface area (Å²) in [5, 5.41) is 2.75. The van der Waals surface area contributed by atoms with Gasteiger partial charge in [0.1, 0.15) is 5.75 Å². The minimum absolute atomic E-state index is 0.224.